The summed E-state index contributed by atoms with van der Waals surface area (Å²) in [6.45, 7) is 17.7. The van der Waals surface area contributed by atoms with Crippen molar-refractivity contribution in [1.29, 1.82) is 0 Å². The zero-order chi connectivity index (χ0) is 51.7. The lowest BCUT2D eigenvalue weighted by Crippen LogP contribution is -2.62. The second-order valence-electron chi connectivity index (χ2n) is 19.1. The fourth-order valence-electron chi connectivity index (χ4n) is 7.51. The summed E-state index contributed by atoms with van der Waals surface area (Å²) in [6, 6.07) is -11.3. The number of nitrogens with one attached hydrogen (secondary N) is 8. The van der Waals surface area contributed by atoms with Crippen molar-refractivity contribution in [1.82, 2.24) is 52.1 Å². The standard InChI is InChI=1S/C45H77N11O12/c1-12-25(10)36(45(67)68)55-43(65)35(24(8)9)54-42(64)34(23(6)7)53-41(63)33(22(4)5)52-39(61)31-14-13-15-56(31)44(66)29(16-21(2)3)50-38(60)30(19-57)51-37(59)28(17-27-18-47-20-48-27)49-40(62)32(46)26(11)58/h18,20-26,28-36,57-58H,12-17,19,46H2,1-11H3,(H,47,48)(H,49,62)(H,50,60)(H,51,59)(H,52,61)(H,53,63)(H,54,64)(H,55,65)(H,67,68)/t25-,26+,28-,29-,30-,31-,32-,33-,34-,35-,36-/m0/s1. The molecule has 13 N–H and O–H groups in total. The second kappa shape index (κ2) is 27.3. The van der Waals surface area contributed by atoms with Gasteiger partial charge in [-0.25, -0.2) is 9.78 Å². The van der Waals surface area contributed by atoms with E-state index in [1.54, 1.807) is 55.4 Å². The summed E-state index contributed by atoms with van der Waals surface area (Å²) in [4.78, 5) is 129. The number of aromatic nitrogens is 2. The van der Waals surface area contributed by atoms with Gasteiger partial charge in [0.25, 0.3) is 0 Å². The quantitative estimate of drug-likeness (QED) is 0.0462. The summed E-state index contributed by atoms with van der Waals surface area (Å²) in [7, 11) is 0. The molecule has 8 amide bonds. The highest BCUT2D eigenvalue weighted by Gasteiger charge is 2.41. The minimum absolute atomic E-state index is 0.101. The van der Waals surface area contributed by atoms with E-state index in [2.05, 4.69) is 47.2 Å². The molecule has 68 heavy (non-hydrogen) atoms. The Bertz CT molecular complexity index is 1880. The first-order valence-electron chi connectivity index (χ1n) is 23.4. The Morgan fingerprint density at radius 1 is 0.706 bits per heavy atom. The van der Waals surface area contributed by atoms with E-state index in [1.807, 2.05) is 13.8 Å². The maximum Gasteiger partial charge on any atom is 0.326 e. The van der Waals surface area contributed by atoms with Gasteiger partial charge in [-0.15, -0.1) is 0 Å². The topological polar surface area (TPSA) is 356 Å². The van der Waals surface area contributed by atoms with Crippen LogP contribution in [0.5, 0.6) is 0 Å². The summed E-state index contributed by atoms with van der Waals surface area (Å²) in [5.41, 5.74) is 6.20. The van der Waals surface area contributed by atoms with E-state index in [4.69, 9.17) is 5.73 Å². The van der Waals surface area contributed by atoms with E-state index >= 15 is 0 Å². The summed E-state index contributed by atoms with van der Waals surface area (Å²) >= 11 is 0. The number of amides is 8. The van der Waals surface area contributed by atoms with Crippen LogP contribution in [0, 0.1) is 29.6 Å². The van der Waals surface area contributed by atoms with Crippen LogP contribution >= 0.6 is 0 Å². The zero-order valence-electron chi connectivity index (χ0n) is 41.3. The van der Waals surface area contributed by atoms with Crippen LogP contribution in [0.4, 0.5) is 0 Å². The fourth-order valence-corrected chi connectivity index (χ4v) is 7.51. The number of rotatable bonds is 27. The summed E-state index contributed by atoms with van der Waals surface area (Å²) < 4.78 is 0. The molecular formula is C45H77N11O12. The van der Waals surface area contributed by atoms with Crippen molar-refractivity contribution < 1.29 is 58.5 Å². The number of aromatic amines is 1. The van der Waals surface area contributed by atoms with Crippen LogP contribution in [0.25, 0.3) is 0 Å². The molecule has 0 unspecified atom stereocenters. The minimum Gasteiger partial charge on any atom is -0.480 e. The molecule has 0 bridgehead atoms. The summed E-state index contributed by atoms with van der Waals surface area (Å²) in [6.07, 6.45) is 2.61. The molecule has 0 spiro atoms. The number of carboxylic acid groups (broad SMARTS) is 1. The van der Waals surface area contributed by atoms with Crippen LogP contribution in [0.3, 0.4) is 0 Å². The number of H-pyrrole nitrogens is 1. The van der Waals surface area contributed by atoms with Crippen LogP contribution in [0.1, 0.15) is 108 Å². The molecule has 11 atom stereocenters. The third-order valence-electron chi connectivity index (χ3n) is 11.9. The largest absolute Gasteiger partial charge is 0.480 e. The number of aliphatic carboxylic acids is 1. The first-order valence-corrected chi connectivity index (χ1v) is 23.4. The van der Waals surface area contributed by atoms with Gasteiger partial charge in [0.1, 0.15) is 54.4 Å². The molecule has 23 heteroatoms. The molecule has 1 aromatic heterocycles. The predicted octanol–water partition coefficient (Wildman–Crippen LogP) is -1.82. The van der Waals surface area contributed by atoms with Gasteiger partial charge in [-0.05, 0) is 55.8 Å². The Morgan fingerprint density at radius 2 is 1.19 bits per heavy atom. The maximum atomic E-state index is 14.3. The lowest BCUT2D eigenvalue weighted by molar-refractivity contribution is -0.144. The average molecular weight is 964 g/mol. The van der Waals surface area contributed by atoms with Gasteiger partial charge in [0.2, 0.25) is 47.3 Å². The molecule has 1 aromatic rings. The van der Waals surface area contributed by atoms with Crippen molar-refractivity contribution in [3.8, 4) is 0 Å². The molecule has 2 heterocycles. The van der Waals surface area contributed by atoms with E-state index in [0.717, 1.165) is 0 Å². The molecule has 0 aromatic carbocycles. The molecule has 1 saturated heterocycles. The molecule has 1 aliphatic heterocycles. The van der Waals surface area contributed by atoms with Crippen LogP contribution in [-0.2, 0) is 49.6 Å². The van der Waals surface area contributed by atoms with Gasteiger partial charge < -0.3 is 68.2 Å². The third kappa shape index (κ3) is 17.1. The molecule has 1 fully saturated rings. The molecular weight excluding hydrogens is 887 g/mol. The Hall–Kier alpha value is -5.68. The zero-order valence-corrected chi connectivity index (χ0v) is 41.3. The first-order chi connectivity index (χ1) is 31.7. The number of carbonyl (C=O) groups is 9. The summed E-state index contributed by atoms with van der Waals surface area (Å²) in [5.74, 6) is -9.26. The highest BCUT2D eigenvalue weighted by Crippen LogP contribution is 2.22. The number of likely N-dealkylation sites (tertiary alicyclic amines) is 1. The highest BCUT2D eigenvalue weighted by atomic mass is 16.4. The van der Waals surface area contributed by atoms with Gasteiger partial charge in [-0.1, -0.05) is 75.7 Å². The van der Waals surface area contributed by atoms with Crippen molar-refractivity contribution >= 4 is 53.2 Å². The van der Waals surface area contributed by atoms with Gasteiger partial charge in [0, 0.05) is 24.9 Å². The maximum absolute atomic E-state index is 14.3. The molecule has 1 aliphatic rings. The Labute approximate surface area is 398 Å². The number of hydrogen-bond acceptors (Lipinski definition) is 13. The molecule has 23 nitrogen and oxygen atoms in total. The smallest absolute Gasteiger partial charge is 0.326 e. The number of nitrogens with zero attached hydrogens (tertiary/aromatic N) is 2. The predicted molar refractivity (Wildman–Crippen MR) is 248 cm³/mol. The minimum atomic E-state index is -1.59. The lowest BCUT2D eigenvalue weighted by atomic mass is 9.96. The van der Waals surface area contributed by atoms with Crippen molar-refractivity contribution in [3.05, 3.63) is 18.2 Å². The average Bonchev–Trinajstić information content (AvgIpc) is 3.98. The Kier molecular flexibility index (Phi) is 23.5. The van der Waals surface area contributed by atoms with Crippen molar-refractivity contribution in [3.63, 3.8) is 0 Å². The normalized spacial score (nSPS) is 18.3. The number of aliphatic hydroxyl groups is 2. The van der Waals surface area contributed by atoms with Crippen molar-refractivity contribution in [2.24, 2.45) is 35.3 Å². The van der Waals surface area contributed by atoms with Crippen LogP contribution in [-0.4, -0.2) is 157 Å². The van der Waals surface area contributed by atoms with E-state index in [9.17, 15) is 58.5 Å². The lowest BCUT2D eigenvalue weighted by Gasteiger charge is -2.32. The summed E-state index contributed by atoms with van der Waals surface area (Å²) in [5, 5.41) is 47.9. The van der Waals surface area contributed by atoms with Crippen LogP contribution < -0.4 is 43.0 Å². The van der Waals surface area contributed by atoms with E-state index < -0.39 is 138 Å². The van der Waals surface area contributed by atoms with Crippen LogP contribution in [0.2, 0.25) is 0 Å². The van der Waals surface area contributed by atoms with Crippen LogP contribution in [0.15, 0.2) is 12.5 Å². The first kappa shape index (κ1) is 58.4. The van der Waals surface area contributed by atoms with E-state index in [1.165, 1.54) is 24.3 Å². The monoisotopic (exact) mass is 964 g/mol. The molecule has 0 radical (unpaired) electrons. The van der Waals surface area contributed by atoms with E-state index in [0.29, 0.717) is 18.5 Å². The van der Waals surface area contributed by atoms with Gasteiger partial charge in [0.15, 0.2) is 0 Å². The van der Waals surface area contributed by atoms with Crippen molar-refractivity contribution in [2.45, 2.75) is 169 Å². The number of hydrogen-bond donors (Lipinski definition) is 12. The number of carboxylic acids is 1. The number of nitrogens with two attached hydrogens (primary N) is 1. The molecule has 0 aliphatic carbocycles. The van der Waals surface area contributed by atoms with Gasteiger partial charge in [-0.2, -0.15) is 0 Å². The molecule has 384 valence electrons. The van der Waals surface area contributed by atoms with Crippen molar-refractivity contribution in [2.75, 3.05) is 13.2 Å². The molecule has 2 rings (SSSR count). The highest BCUT2D eigenvalue weighted by molar-refractivity contribution is 5.98. The van der Waals surface area contributed by atoms with Gasteiger partial charge >= 0.3 is 5.97 Å². The van der Waals surface area contributed by atoms with E-state index in [-0.39, 0.29) is 37.6 Å². The Morgan fingerprint density at radius 3 is 1.63 bits per heavy atom. The third-order valence-corrected chi connectivity index (χ3v) is 11.9. The Balaban J connectivity index is 2.26. The number of carbonyl (C=O) groups excluding carboxylic acids is 8. The second-order valence-corrected chi connectivity index (χ2v) is 19.1. The number of aliphatic hydroxyl groups excluding tert-OH is 2. The SMILES string of the molecule is CC[C@H](C)[C@H](NC(=O)[C@@H](NC(=O)[C@@H](NC(=O)[C@@H](NC(=O)[C@@H]1CCCN1C(=O)[C@H](CC(C)C)NC(=O)[C@H](CO)NC(=O)[C@H](Cc1cnc[nH]1)NC(=O)[C@@H](N)[C@@H](C)O)C(C)C)C(C)C)C(C)C)C(=O)O. The van der Waals surface area contributed by atoms with Gasteiger partial charge in [-0.3, -0.25) is 38.4 Å². The van der Waals surface area contributed by atoms with Gasteiger partial charge in [0.05, 0.1) is 19.0 Å². The molecule has 0 saturated carbocycles. The number of imidazole rings is 1. The fraction of sp³-hybridized carbons (Fsp3) is 0.733.